The van der Waals surface area contributed by atoms with Crippen molar-refractivity contribution in [1.82, 2.24) is 9.97 Å². The van der Waals surface area contributed by atoms with Crippen molar-refractivity contribution in [3.8, 4) is 0 Å². The Morgan fingerprint density at radius 2 is 2.33 bits per heavy atom. The number of rotatable bonds is 3. The summed E-state index contributed by atoms with van der Waals surface area (Å²) < 4.78 is 4.99. The molecule has 5 heteroatoms. The van der Waals surface area contributed by atoms with Crippen molar-refractivity contribution >= 4 is 17.4 Å². The lowest BCUT2D eigenvalue weighted by Crippen LogP contribution is -2.17. The zero-order valence-electron chi connectivity index (χ0n) is 8.22. The Morgan fingerprint density at radius 3 is 3.00 bits per heavy atom. The van der Waals surface area contributed by atoms with Crippen molar-refractivity contribution in [2.75, 3.05) is 11.9 Å². The van der Waals surface area contributed by atoms with Crippen LogP contribution in [0.15, 0.2) is 35.3 Å². The van der Waals surface area contributed by atoms with E-state index in [1.54, 1.807) is 18.7 Å². The van der Waals surface area contributed by atoms with Gasteiger partial charge in [0.2, 0.25) is 5.28 Å². The van der Waals surface area contributed by atoms with Crippen LogP contribution in [0.5, 0.6) is 0 Å². The quantitative estimate of drug-likeness (QED) is 0.750. The fraction of sp³-hybridized carbons (Fsp3) is 0.200. The van der Waals surface area contributed by atoms with Gasteiger partial charge in [-0.1, -0.05) is 0 Å². The number of hydrogen-bond donors (Lipinski definition) is 0. The van der Waals surface area contributed by atoms with Gasteiger partial charge in [0.15, 0.2) is 0 Å². The molecular weight excluding hydrogens is 214 g/mol. The van der Waals surface area contributed by atoms with Crippen molar-refractivity contribution in [2.45, 2.75) is 6.54 Å². The first-order valence-corrected chi connectivity index (χ1v) is 4.84. The second-order valence-corrected chi connectivity index (χ2v) is 3.51. The van der Waals surface area contributed by atoms with Gasteiger partial charge in [-0.05, 0) is 23.7 Å². The molecule has 2 heterocycles. The molecule has 2 aromatic heterocycles. The maximum absolute atomic E-state index is 5.70. The van der Waals surface area contributed by atoms with Gasteiger partial charge in [0.05, 0.1) is 12.5 Å². The average Bonchev–Trinajstić information content (AvgIpc) is 2.70. The predicted octanol–water partition coefficient (Wildman–Crippen LogP) is 2.36. The summed E-state index contributed by atoms with van der Waals surface area (Å²) in [6.07, 6.45) is 4.99. The van der Waals surface area contributed by atoms with Gasteiger partial charge in [-0.3, -0.25) is 0 Å². The molecule has 0 saturated heterocycles. The largest absolute Gasteiger partial charge is 0.472 e. The first-order valence-electron chi connectivity index (χ1n) is 4.46. The first-order chi connectivity index (χ1) is 7.25. The smallest absolute Gasteiger partial charge is 0.224 e. The van der Waals surface area contributed by atoms with E-state index in [-0.39, 0.29) is 5.28 Å². The molecule has 0 amide bonds. The van der Waals surface area contributed by atoms with Crippen LogP contribution in [-0.2, 0) is 6.54 Å². The summed E-state index contributed by atoms with van der Waals surface area (Å²) in [6.45, 7) is 0.726. The summed E-state index contributed by atoms with van der Waals surface area (Å²) in [4.78, 5) is 9.90. The molecule has 0 atom stereocenters. The van der Waals surface area contributed by atoms with Crippen LogP contribution < -0.4 is 4.90 Å². The van der Waals surface area contributed by atoms with Crippen molar-refractivity contribution in [1.29, 1.82) is 0 Å². The third-order valence-electron chi connectivity index (χ3n) is 2.00. The molecule has 78 valence electrons. The number of halogens is 1. The summed E-state index contributed by atoms with van der Waals surface area (Å²) in [6, 6.07) is 3.73. The van der Waals surface area contributed by atoms with Gasteiger partial charge in [0.1, 0.15) is 5.82 Å². The van der Waals surface area contributed by atoms with Crippen LogP contribution in [0.25, 0.3) is 0 Å². The number of nitrogens with zero attached hydrogens (tertiary/aromatic N) is 3. The molecule has 0 spiro atoms. The minimum absolute atomic E-state index is 0.256. The van der Waals surface area contributed by atoms with E-state index >= 15 is 0 Å². The van der Waals surface area contributed by atoms with Crippen molar-refractivity contribution in [3.63, 3.8) is 0 Å². The van der Waals surface area contributed by atoms with Gasteiger partial charge in [0.25, 0.3) is 0 Å². The van der Waals surface area contributed by atoms with Crippen LogP contribution in [-0.4, -0.2) is 17.0 Å². The van der Waals surface area contributed by atoms with Crippen molar-refractivity contribution in [2.24, 2.45) is 0 Å². The number of anilines is 1. The van der Waals surface area contributed by atoms with Gasteiger partial charge in [0, 0.05) is 25.4 Å². The van der Waals surface area contributed by atoms with E-state index in [9.17, 15) is 0 Å². The molecule has 0 radical (unpaired) electrons. The molecule has 0 aliphatic rings. The zero-order chi connectivity index (χ0) is 10.7. The minimum Gasteiger partial charge on any atom is -0.472 e. The molecule has 0 fully saturated rings. The standard InChI is InChI=1S/C10H10ClN3O/c1-14(6-8-3-5-15-7-8)9-2-4-12-10(11)13-9/h2-5,7H,6H2,1H3. The first kappa shape index (κ1) is 9.98. The Kier molecular flexibility index (Phi) is 2.87. The van der Waals surface area contributed by atoms with E-state index in [1.165, 1.54) is 0 Å². The maximum atomic E-state index is 5.70. The zero-order valence-corrected chi connectivity index (χ0v) is 8.98. The van der Waals surface area contributed by atoms with Crippen LogP contribution in [0.4, 0.5) is 5.82 Å². The van der Waals surface area contributed by atoms with Crippen molar-refractivity contribution in [3.05, 3.63) is 41.7 Å². The highest BCUT2D eigenvalue weighted by Crippen LogP contribution is 2.13. The third-order valence-corrected chi connectivity index (χ3v) is 2.18. The van der Waals surface area contributed by atoms with Gasteiger partial charge in [-0.2, -0.15) is 0 Å². The summed E-state index contributed by atoms with van der Waals surface area (Å²) in [5.74, 6) is 0.788. The number of aromatic nitrogens is 2. The van der Waals surface area contributed by atoms with Gasteiger partial charge in [-0.25, -0.2) is 9.97 Å². The van der Waals surface area contributed by atoms with E-state index in [1.807, 2.05) is 24.1 Å². The molecule has 4 nitrogen and oxygen atoms in total. The summed E-state index contributed by atoms with van der Waals surface area (Å²) in [7, 11) is 1.94. The highest BCUT2D eigenvalue weighted by atomic mass is 35.5. The highest BCUT2D eigenvalue weighted by Gasteiger charge is 2.04. The molecule has 2 rings (SSSR count). The Balaban J connectivity index is 2.11. The fourth-order valence-corrected chi connectivity index (χ4v) is 1.42. The Labute approximate surface area is 92.5 Å². The van der Waals surface area contributed by atoms with Crippen LogP contribution in [0.1, 0.15) is 5.56 Å². The summed E-state index contributed by atoms with van der Waals surface area (Å²) in [5, 5.41) is 0.256. The van der Waals surface area contributed by atoms with Crippen LogP contribution >= 0.6 is 11.6 Å². The Morgan fingerprint density at radius 1 is 1.47 bits per heavy atom. The summed E-state index contributed by atoms with van der Waals surface area (Å²) >= 11 is 5.70. The molecule has 15 heavy (non-hydrogen) atoms. The third kappa shape index (κ3) is 2.47. The lowest BCUT2D eigenvalue weighted by Gasteiger charge is -2.16. The molecule has 0 unspecified atom stereocenters. The molecule has 0 aromatic carbocycles. The average molecular weight is 224 g/mol. The van der Waals surface area contributed by atoms with Crippen LogP contribution in [0.3, 0.4) is 0 Å². The summed E-state index contributed by atoms with van der Waals surface area (Å²) in [5.41, 5.74) is 1.09. The maximum Gasteiger partial charge on any atom is 0.224 e. The molecular formula is C10H10ClN3O. The van der Waals surface area contributed by atoms with E-state index < -0.39 is 0 Å². The van der Waals surface area contributed by atoms with Crippen LogP contribution in [0, 0.1) is 0 Å². The Bertz CT molecular complexity index is 430. The molecule has 0 aliphatic carbocycles. The van der Waals surface area contributed by atoms with E-state index in [2.05, 4.69) is 9.97 Å². The molecule has 0 aliphatic heterocycles. The lowest BCUT2D eigenvalue weighted by molar-refractivity contribution is 0.563. The van der Waals surface area contributed by atoms with Gasteiger partial charge in [-0.15, -0.1) is 0 Å². The minimum atomic E-state index is 0.256. The van der Waals surface area contributed by atoms with E-state index in [0.717, 1.165) is 17.9 Å². The van der Waals surface area contributed by atoms with Crippen molar-refractivity contribution < 1.29 is 4.42 Å². The topological polar surface area (TPSA) is 42.2 Å². The second-order valence-electron chi connectivity index (χ2n) is 3.17. The SMILES string of the molecule is CN(Cc1ccoc1)c1ccnc(Cl)n1. The molecule has 0 saturated carbocycles. The van der Waals surface area contributed by atoms with E-state index in [0.29, 0.717) is 0 Å². The highest BCUT2D eigenvalue weighted by molar-refractivity contribution is 6.28. The number of furan rings is 1. The Hall–Kier alpha value is -1.55. The molecule has 0 bridgehead atoms. The number of hydrogen-bond acceptors (Lipinski definition) is 4. The van der Waals surface area contributed by atoms with Gasteiger partial charge >= 0.3 is 0 Å². The second kappa shape index (κ2) is 4.31. The fourth-order valence-electron chi connectivity index (χ4n) is 1.28. The van der Waals surface area contributed by atoms with Gasteiger partial charge < -0.3 is 9.32 Å². The molecule has 0 N–H and O–H groups in total. The lowest BCUT2D eigenvalue weighted by atomic mass is 10.3. The molecule has 2 aromatic rings. The monoisotopic (exact) mass is 223 g/mol. The predicted molar refractivity (Wildman–Crippen MR) is 57.9 cm³/mol. The van der Waals surface area contributed by atoms with E-state index in [4.69, 9.17) is 16.0 Å². The normalized spacial score (nSPS) is 10.3. The van der Waals surface area contributed by atoms with Crippen LogP contribution in [0.2, 0.25) is 5.28 Å².